The number of rotatable bonds is 1. The van der Waals surface area contributed by atoms with Gasteiger partial charge in [-0.1, -0.05) is 29.8 Å². The number of hydrogen-bond acceptors (Lipinski definition) is 1. The van der Waals surface area contributed by atoms with Crippen molar-refractivity contribution in [3.8, 4) is 0 Å². The molecule has 0 spiro atoms. The zero-order valence-corrected chi connectivity index (χ0v) is 9.50. The van der Waals surface area contributed by atoms with Gasteiger partial charge >= 0.3 is 0 Å². The Morgan fingerprint density at radius 3 is 2.73 bits per heavy atom. The molecular formula is C13H16ClN. The normalized spacial score (nSPS) is 34.3. The van der Waals surface area contributed by atoms with Crippen molar-refractivity contribution in [3.05, 3.63) is 34.9 Å². The number of nitrogens with one attached hydrogen (secondary N) is 1. The highest BCUT2D eigenvalue weighted by atomic mass is 35.5. The van der Waals surface area contributed by atoms with Crippen molar-refractivity contribution in [2.24, 2.45) is 0 Å². The summed E-state index contributed by atoms with van der Waals surface area (Å²) in [5, 5.41) is 4.65. The predicted molar refractivity (Wildman–Crippen MR) is 63.4 cm³/mol. The predicted octanol–water partition coefficient (Wildman–Crippen LogP) is 3.34. The van der Waals surface area contributed by atoms with Gasteiger partial charge in [0.1, 0.15) is 0 Å². The van der Waals surface area contributed by atoms with E-state index in [4.69, 9.17) is 11.6 Å². The molecule has 1 aromatic carbocycles. The molecule has 3 unspecified atom stereocenters. The van der Waals surface area contributed by atoms with Crippen LogP contribution in [0.25, 0.3) is 0 Å². The Kier molecular flexibility index (Phi) is 2.45. The number of halogens is 1. The molecule has 1 aromatic rings. The lowest BCUT2D eigenvalue weighted by atomic mass is 9.86. The van der Waals surface area contributed by atoms with E-state index >= 15 is 0 Å². The maximum Gasteiger partial charge on any atom is 0.0441 e. The van der Waals surface area contributed by atoms with Crippen LogP contribution < -0.4 is 5.32 Å². The summed E-state index contributed by atoms with van der Waals surface area (Å²) >= 11 is 6.27. The molecule has 2 fully saturated rings. The van der Waals surface area contributed by atoms with Crippen molar-refractivity contribution in [1.29, 1.82) is 0 Å². The molecule has 0 saturated carbocycles. The minimum absolute atomic E-state index is 0.637. The summed E-state index contributed by atoms with van der Waals surface area (Å²) in [5.41, 5.74) is 1.34. The summed E-state index contributed by atoms with van der Waals surface area (Å²) in [4.78, 5) is 0. The van der Waals surface area contributed by atoms with Crippen molar-refractivity contribution in [2.75, 3.05) is 0 Å². The molecule has 2 heterocycles. The Bertz CT molecular complexity index is 363. The van der Waals surface area contributed by atoms with E-state index in [9.17, 15) is 0 Å². The topological polar surface area (TPSA) is 12.0 Å². The highest BCUT2D eigenvalue weighted by Crippen LogP contribution is 2.39. The van der Waals surface area contributed by atoms with E-state index in [1.54, 1.807) is 0 Å². The van der Waals surface area contributed by atoms with E-state index in [1.807, 2.05) is 12.1 Å². The lowest BCUT2D eigenvalue weighted by Gasteiger charge is -2.31. The summed E-state index contributed by atoms with van der Waals surface area (Å²) in [6, 6.07) is 9.77. The first-order chi connectivity index (χ1) is 7.34. The Labute approximate surface area is 95.8 Å². The van der Waals surface area contributed by atoms with Gasteiger partial charge in [0.05, 0.1) is 0 Å². The van der Waals surface area contributed by atoms with E-state index in [-0.39, 0.29) is 0 Å². The van der Waals surface area contributed by atoms with Crippen LogP contribution in [0.4, 0.5) is 0 Å². The molecular weight excluding hydrogens is 206 g/mol. The molecule has 3 rings (SSSR count). The Balaban J connectivity index is 1.90. The van der Waals surface area contributed by atoms with Crippen LogP contribution in [0.3, 0.4) is 0 Å². The molecule has 1 nitrogen and oxygen atoms in total. The Morgan fingerprint density at radius 1 is 1.07 bits per heavy atom. The second kappa shape index (κ2) is 3.80. The van der Waals surface area contributed by atoms with E-state index in [0.29, 0.717) is 12.0 Å². The minimum atomic E-state index is 0.637. The Hall–Kier alpha value is -0.530. The molecule has 2 aliphatic heterocycles. The minimum Gasteiger partial charge on any atom is -0.311 e. The maximum atomic E-state index is 6.27. The first kappa shape index (κ1) is 9.68. The average molecular weight is 222 g/mol. The highest BCUT2D eigenvalue weighted by molar-refractivity contribution is 6.31. The summed E-state index contributed by atoms with van der Waals surface area (Å²) in [7, 11) is 0. The molecule has 0 aromatic heterocycles. The van der Waals surface area contributed by atoms with Crippen LogP contribution in [0.2, 0.25) is 5.02 Å². The molecule has 2 heteroatoms. The largest absolute Gasteiger partial charge is 0.311 e. The van der Waals surface area contributed by atoms with Crippen molar-refractivity contribution in [2.45, 2.75) is 43.7 Å². The van der Waals surface area contributed by atoms with Crippen molar-refractivity contribution < 1.29 is 0 Å². The first-order valence-electron chi connectivity index (χ1n) is 5.85. The van der Waals surface area contributed by atoms with Crippen LogP contribution in [0, 0.1) is 0 Å². The second-order valence-electron chi connectivity index (χ2n) is 4.75. The smallest absolute Gasteiger partial charge is 0.0441 e. The van der Waals surface area contributed by atoms with Gasteiger partial charge in [0.2, 0.25) is 0 Å². The van der Waals surface area contributed by atoms with E-state index < -0.39 is 0 Å². The van der Waals surface area contributed by atoms with Gasteiger partial charge < -0.3 is 5.32 Å². The molecule has 0 amide bonds. The fourth-order valence-electron chi connectivity index (χ4n) is 3.13. The molecule has 2 saturated heterocycles. The van der Waals surface area contributed by atoms with Crippen molar-refractivity contribution >= 4 is 11.6 Å². The number of hydrogen-bond donors (Lipinski definition) is 1. The van der Waals surface area contributed by atoms with Gasteiger partial charge in [-0.2, -0.15) is 0 Å². The first-order valence-corrected chi connectivity index (χ1v) is 6.23. The lowest BCUT2D eigenvalue weighted by Crippen LogP contribution is -2.39. The zero-order valence-electron chi connectivity index (χ0n) is 8.75. The van der Waals surface area contributed by atoms with Crippen molar-refractivity contribution in [3.63, 3.8) is 0 Å². The second-order valence-corrected chi connectivity index (χ2v) is 5.16. The molecule has 0 radical (unpaired) electrons. The van der Waals surface area contributed by atoms with Crippen LogP contribution in [-0.4, -0.2) is 12.1 Å². The summed E-state index contributed by atoms with van der Waals surface area (Å²) in [6.07, 6.45) is 5.28. The zero-order chi connectivity index (χ0) is 10.3. The molecule has 2 aliphatic rings. The highest BCUT2D eigenvalue weighted by Gasteiger charge is 2.36. The summed E-state index contributed by atoms with van der Waals surface area (Å²) < 4.78 is 0. The molecule has 2 bridgehead atoms. The van der Waals surface area contributed by atoms with Gasteiger partial charge in [-0.15, -0.1) is 0 Å². The van der Waals surface area contributed by atoms with E-state index in [2.05, 4.69) is 17.4 Å². The molecule has 0 aliphatic carbocycles. The fourth-order valence-corrected chi connectivity index (χ4v) is 3.40. The number of piperidine rings is 1. The average Bonchev–Trinajstić information content (AvgIpc) is 2.63. The maximum absolute atomic E-state index is 6.27. The molecule has 15 heavy (non-hydrogen) atoms. The van der Waals surface area contributed by atoms with Gasteiger partial charge in [0.25, 0.3) is 0 Å². The third kappa shape index (κ3) is 1.68. The SMILES string of the molecule is Clc1ccccc1C1CCC2CCC1N2. The van der Waals surface area contributed by atoms with Gasteiger partial charge in [-0.05, 0) is 37.3 Å². The van der Waals surface area contributed by atoms with Gasteiger partial charge in [-0.25, -0.2) is 0 Å². The number of benzene rings is 1. The summed E-state index contributed by atoms with van der Waals surface area (Å²) in [6.45, 7) is 0. The molecule has 1 N–H and O–H groups in total. The van der Waals surface area contributed by atoms with Crippen LogP contribution in [0.1, 0.15) is 37.2 Å². The van der Waals surface area contributed by atoms with Crippen LogP contribution >= 0.6 is 11.6 Å². The van der Waals surface area contributed by atoms with E-state index in [1.165, 1.54) is 31.2 Å². The fraction of sp³-hybridized carbons (Fsp3) is 0.538. The van der Waals surface area contributed by atoms with E-state index in [0.717, 1.165) is 11.1 Å². The van der Waals surface area contributed by atoms with Crippen LogP contribution in [0.15, 0.2) is 24.3 Å². The standard InChI is InChI=1S/C13H16ClN/c14-12-4-2-1-3-10(12)11-7-5-9-6-8-13(11)15-9/h1-4,9,11,13,15H,5-8H2. The van der Waals surface area contributed by atoms with Gasteiger partial charge in [0, 0.05) is 23.0 Å². The van der Waals surface area contributed by atoms with Crippen LogP contribution in [0.5, 0.6) is 0 Å². The molecule has 80 valence electrons. The lowest BCUT2D eigenvalue weighted by molar-refractivity contribution is 0.359. The quantitative estimate of drug-likeness (QED) is 0.767. The van der Waals surface area contributed by atoms with Crippen molar-refractivity contribution in [1.82, 2.24) is 5.32 Å². The third-order valence-electron chi connectivity index (χ3n) is 3.89. The Morgan fingerprint density at radius 2 is 1.87 bits per heavy atom. The molecule has 3 atom stereocenters. The third-order valence-corrected chi connectivity index (χ3v) is 4.24. The van der Waals surface area contributed by atoms with Gasteiger partial charge in [-0.3, -0.25) is 0 Å². The number of fused-ring (bicyclic) bond motifs is 2. The summed E-state index contributed by atoms with van der Waals surface area (Å²) in [5.74, 6) is 0.637. The van der Waals surface area contributed by atoms with Crippen LogP contribution in [-0.2, 0) is 0 Å². The monoisotopic (exact) mass is 221 g/mol. The van der Waals surface area contributed by atoms with Gasteiger partial charge in [0.15, 0.2) is 0 Å².